The number of amides is 1. The fourth-order valence-electron chi connectivity index (χ4n) is 3.08. The van der Waals surface area contributed by atoms with E-state index in [1.807, 2.05) is 0 Å². The van der Waals surface area contributed by atoms with Crippen LogP contribution in [0.3, 0.4) is 0 Å². The molecule has 3 aliphatic heterocycles. The molecule has 0 aliphatic carbocycles. The van der Waals surface area contributed by atoms with E-state index in [1.54, 1.807) is 20.8 Å². The predicted molar refractivity (Wildman–Crippen MR) is 106 cm³/mol. The zero-order chi connectivity index (χ0) is 20.6. The molecule has 8 nitrogen and oxygen atoms in total. The Hall–Kier alpha value is -1.04. The first-order chi connectivity index (χ1) is 13.2. The minimum atomic E-state index is -0.860. The van der Waals surface area contributed by atoms with E-state index >= 15 is 0 Å². The number of thioether (sulfide) groups is 2. The number of ether oxygens (including phenoxy) is 2. The fourth-order valence-corrected chi connectivity index (χ4v) is 8.33. The van der Waals surface area contributed by atoms with E-state index in [0.29, 0.717) is 15.7 Å². The highest BCUT2D eigenvalue weighted by Gasteiger charge is 2.58. The molecule has 1 N–H and O–H groups in total. The van der Waals surface area contributed by atoms with Crippen LogP contribution in [0.4, 0.5) is 0 Å². The van der Waals surface area contributed by atoms with Crippen molar-refractivity contribution >= 4 is 52.2 Å². The summed E-state index contributed by atoms with van der Waals surface area (Å²) in [5.41, 5.74) is 0.125. The van der Waals surface area contributed by atoms with Crippen LogP contribution in [0.5, 0.6) is 0 Å². The zero-order valence-corrected chi connectivity index (χ0v) is 18.2. The maximum Gasteiger partial charge on any atom is 0.359 e. The van der Waals surface area contributed by atoms with Crippen LogP contribution in [-0.4, -0.2) is 67.1 Å². The highest BCUT2D eigenvalue weighted by Crippen LogP contribution is 2.55. The van der Waals surface area contributed by atoms with Crippen molar-refractivity contribution in [1.29, 1.82) is 0 Å². The van der Waals surface area contributed by atoms with Crippen LogP contribution in [-0.2, 0) is 34.7 Å². The summed E-state index contributed by atoms with van der Waals surface area (Å²) in [6.07, 6.45) is -0.0532. The van der Waals surface area contributed by atoms with Gasteiger partial charge in [0.1, 0.15) is 5.37 Å². The Morgan fingerprint density at radius 3 is 2.64 bits per heavy atom. The number of carbonyl (C=O) groups is 3. The summed E-state index contributed by atoms with van der Waals surface area (Å²) < 4.78 is 22.3. The van der Waals surface area contributed by atoms with Gasteiger partial charge in [-0.1, -0.05) is 25.6 Å². The summed E-state index contributed by atoms with van der Waals surface area (Å²) in [4.78, 5) is 38.0. The van der Waals surface area contributed by atoms with Crippen molar-refractivity contribution in [2.24, 2.45) is 11.8 Å². The second-order valence-corrected chi connectivity index (χ2v) is 11.4. The van der Waals surface area contributed by atoms with Crippen LogP contribution in [0.1, 0.15) is 27.2 Å². The molecule has 1 amide bonds. The summed E-state index contributed by atoms with van der Waals surface area (Å²) in [5, 5.41) is 9.62. The molecule has 3 rings (SSSR count). The molecule has 11 heteroatoms. The molecule has 0 radical (unpaired) electrons. The lowest BCUT2D eigenvalue weighted by atomic mass is 9.92. The van der Waals surface area contributed by atoms with Crippen LogP contribution >= 0.6 is 23.5 Å². The third-order valence-corrected chi connectivity index (χ3v) is 9.18. The van der Waals surface area contributed by atoms with Gasteiger partial charge in [0.25, 0.3) is 0 Å². The summed E-state index contributed by atoms with van der Waals surface area (Å²) in [6, 6.07) is 0. The summed E-state index contributed by atoms with van der Waals surface area (Å²) in [7, 11) is -0.860. The van der Waals surface area contributed by atoms with Crippen molar-refractivity contribution in [3.63, 3.8) is 0 Å². The number of carbonyl (C=O) groups excluding carboxylic acids is 3. The zero-order valence-electron chi connectivity index (χ0n) is 15.8. The van der Waals surface area contributed by atoms with Crippen LogP contribution < -0.4 is 0 Å². The average molecular weight is 450 g/mol. The lowest BCUT2D eigenvalue weighted by Crippen LogP contribution is -2.60. The number of nitrogens with zero attached hydrogens (tertiary/aromatic N) is 1. The van der Waals surface area contributed by atoms with Gasteiger partial charge >= 0.3 is 11.9 Å². The van der Waals surface area contributed by atoms with Gasteiger partial charge in [-0.2, -0.15) is 0 Å². The Labute approximate surface area is 174 Å². The van der Waals surface area contributed by atoms with E-state index in [0.717, 1.165) is 6.42 Å². The van der Waals surface area contributed by atoms with Gasteiger partial charge < -0.3 is 14.6 Å². The number of esters is 2. The molecule has 0 aromatic carbocycles. The molecule has 5 atom stereocenters. The Bertz CT molecular complexity index is 736. The monoisotopic (exact) mass is 449 g/mol. The van der Waals surface area contributed by atoms with E-state index < -0.39 is 41.6 Å². The quantitative estimate of drug-likeness (QED) is 0.346. The molecular formula is C17H23NO7S3. The van der Waals surface area contributed by atoms with E-state index in [1.165, 1.54) is 28.4 Å². The van der Waals surface area contributed by atoms with E-state index in [9.17, 15) is 23.7 Å². The van der Waals surface area contributed by atoms with Crippen molar-refractivity contribution in [2.45, 2.75) is 43.9 Å². The minimum absolute atomic E-state index is 0.101. The third kappa shape index (κ3) is 4.27. The SMILES string of the molecule is CC(C)C(=O)OCOC(=O)C1=C(S[C@H]2CC[S@@](=O)C2)S[C@@H]2[C@@H]([C@@H](C)O)C(=O)N12. The first-order valence-electron chi connectivity index (χ1n) is 8.98. The second-order valence-electron chi connectivity index (χ2n) is 7.13. The van der Waals surface area contributed by atoms with Crippen molar-refractivity contribution in [2.75, 3.05) is 18.3 Å². The molecule has 3 heterocycles. The third-order valence-electron chi connectivity index (χ3n) is 4.63. The first-order valence-corrected chi connectivity index (χ1v) is 12.2. The second kappa shape index (κ2) is 8.76. The Balaban J connectivity index is 1.73. The van der Waals surface area contributed by atoms with E-state index in [4.69, 9.17) is 9.47 Å². The summed E-state index contributed by atoms with van der Waals surface area (Å²) in [5.74, 6) is -1.32. The number of hydrogen-bond donors (Lipinski definition) is 1. The number of fused-ring (bicyclic) bond motifs is 1. The van der Waals surface area contributed by atoms with E-state index in [-0.39, 0.29) is 28.1 Å². The largest absolute Gasteiger partial charge is 0.428 e. The standard InChI is InChI=1S/C17H23NO7S3/c1-8(2)15(21)24-7-25-16(22)12-17(26-10-4-5-28(23)6-10)27-14-11(9(3)19)13(20)18(12)14/h8-11,14,19H,4-7H2,1-3H3/t9-,10+,11+,14-,28-/m1/s1. The van der Waals surface area contributed by atoms with Crippen molar-refractivity contribution in [1.82, 2.24) is 4.90 Å². The molecule has 156 valence electrons. The molecule has 0 unspecified atom stereocenters. The number of hydrogen-bond acceptors (Lipinski definition) is 9. The molecule has 0 spiro atoms. The molecule has 0 aromatic rings. The lowest BCUT2D eigenvalue weighted by Gasteiger charge is -2.43. The molecule has 0 aromatic heterocycles. The van der Waals surface area contributed by atoms with Crippen LogP contribution in [0, 0.1) is 11.8 Å². The predicted octanol–water partition coefficient (Wildman–Crippen LogP) is 1.02. The Kier molecular flexibility index (Phi) is 6.78. The first kappa shape index (κ1) is 21.7. The Morgan fingerprint density at radius 1 is 1.36 bits per heavy atom. The van der Waals surface area contributed by atoms with Gasteiger partial charge in [-0.3, -0.25) is 18.7 Å². The minimum Gasteiger partial charge on any atom is -0.428 e. The van der Waals surface area contributed by atoms with E-state index in [2.05, 4.69) is 0 Å². The van der Waals surface area contributed by atoms with Gasteiger partial charge in [0.05, 0.1) is 22.2 Å². The fraction of sp³-hybridized carbons (Fsp3) is 0.706. The van der Waals surface area contributed by atoms with Gasteiger partial charge in [0.2, 0.25) is 12.7 Å². The molecule has 2 saturated heterocycles. The summed E-state index contributed by atoms with van der Waals surface area (Å²) in [6.45, 7) is 4.36. The number of β-lactam (4-membered cyclic amide) rings is 1. The molecule has 28 heavy (non-hydrogen) atoms. The number of rotatable bonds is 7. The molecular weight excluding hydrogens is 426 g/mol. The van der Waals surface area contributed by atoms with Gasteiger partial charge in [-0.15, -0.1) is 11.8 Å². The highest BCUT2D eigenvalue weighted by molar-refractivity contribution is 8.23. The maximum absolute atomic E-state index is 12.6. The van der Waals surface area contributed by atoms with Crippen LogP contribution in [0.25, 0.3) is 0 Å². The molecule has 2 fully saturated rings. The van der Waals surface area contributed by atoms with Gasteiger partial charge in [-0.05, 0) is 13.3 Å². The smallest absolute Gasteiger partial charge is 0.359 e. The number of aliphatic hydroxyl groups is 1. The van der Waals surface area contributed by atoms with Crippen molar-refractivity contribution in [3.8, 4) is 0 Å². The Morgan fingerprint density at radius 2 is 2.07 bits per heavy atom. The van der Waals surface area contributed by atoms with Crippen LogP contribution in [0.15, 0.2) is 9.93 Å². The molecule has 0 saturated carbocycles. The van der Waals surface area contributed by atoms with Gasteiger partial charge in [-0.25, -0.2) is 4.79 Å². The maximum atomic E-state index is 12.6. The van der Waals surface area contributed by atoms with Crippen LogP contribution in [0.2, 0.25) is 0 Å². The van der Waals surface area contributed by atoms with Crippen molar-refractivity contribution < 1.29 is 33.2 Å². The number of aliphatic hydroxyl groups excluding tert-OH is 1. The van der Waals surface area contributed by atoms with Gasteiger partial charge in [0.15, 0.2) is 5.70 Å². The molecule has 0 bridgehead atoms. The normalized spacial score (nSPS) is 30.3. The lowest BCUT2D eigenvalue weighted by molar-refractivity contribution is -0.171. The average Bonchev–Trinajstić information content (AvgIpc) is 3.15. The highest BCUT2D eigenvalue weighted by atomic mass is 32.2. The molecule has 3 aliphatic rings. The topological polar surface area (TPSA) is 110 Å². The summed E-state index contributed by atoms with van der Waals surface area (Å²) >= 11 is 2.78. The van der Waals surface area contributed by atoms with Crippen molar-refractivity contribution in [3.05, 3.63) is 9.93 Å². The van der Waals surface area contributed by atoms with Gasteiger partial charge in [0, 0.05) is 27.6 Å².